The van der Waals surface area contributed by atoms with Gasteiger partial charge in [-0.3, -0.25) is 9.20 Å². The van der Waals surface area contributed by atoms with E-state index < -0.39 is 10.8 Å². The first-order chi connectivity index (χ1) is 9.76. The molecule has 0 amide bonds. The van der Waals surface area contributed by atoms with E-state index in [2.05, 4.69) is 22.2 Å². The standard InChI is InChI=1S/C15H23N3OS/c1-3-10-17-15(16-4-2)18-11-12-20(19)13-14-8-6-5-7-9-14/h3,5-9H,1,4,10-13H2,2H3,(H2,16,17,18). The van der Waals surface area contributed by atoms with E-state index in [9.17, 15) is 4.21 Å². The Bertz CT molecular complexity index is 446. The lowest BCUT2D eigenvalue weighted by Gasteiger charge is -2.09. The van der Waals surface area contributed by atoms with Crippen molar-refractivity contribution in [1.82, 2.24) is 10.6 Å². The van der Waals surface area contributed by atoms with Gasteiger partial charge in [0.15, 0.2) is 5.96 Å². The molecule has 0 heterocycles. The van der Waals surface area contributed by atoms with E-state index in [1.807, 2.05) is 37.3 Å². The van der Waals surface area contributed by atoms with E-state index in [0.717, 1.165) is 18.1 Å². The first-order valence-corrected chi connectivity index (χ1v) is 8.27. The topological polar surface area (TPSA) is 53.5 Å². The Labute approximate surface area is 123 Å². The lowest BCUT2D eigenvalue weighted by atomic mass is 10.2. The quantitative estimate of drug-likeness (QED) is 0.435. The second-order valence-electron chi connectivity index (χ2n) is 4.20. The highest BCUT2D eigenvalue weighted by Gasteiger charge is 2.01. The van der Waals surface area contributed by atoms with Gasteiger partial charge in [-0.05, 0) is 12.5 Å². The van der Waals surface area contributed by atoms with Gasteiger partial charge in [-0.15, -0.1) is 6.58 Å². The third-order valence-electron chi connectivity index (χ3n) is 2.52. The molecule has 1 aromatic carbocycles. The molecular formula is C15H23N3OS. The highest BCUT2D eigenvalue weighted by molar-refractivity contribution is 7.84. The zero-order valence-electron chi connectivity index (χ0n) is 12.0. The predicted octanol–water partition coefficient (Wildman–Crippen LogP) is 1.68. The smallest absolute Gasteiger partial charge is 0.191 e. The van der Waals surface area contributed by atoms with Crippen molar-refractivity contribution < 1.29 is 4.21 Å². The number of benzene rings is 1. The minimum atomic E-state index is -0.880. The molecule has 1 atom stereocenters. The minimum absolute atomic E-state index is 0.548. The fraction of sp³-hybridized carbons (Fsp3) is 0.400. The number of guanidine groups is 1. The summed E-state index contributed by atoms with van der Waals surface area (Å²) in [6.07, 6.45) is 1.78. The average Bonchev–Trinajstić information content (AvgIpc) is 2.45. The van der Waals surface area contributed by atoms with Crippen LogP contribution in [0.4, 0.5) is 0 Å². The molecule has 4 nitrogen and oxygen atoms in total. The summed E-state index contributed by atoms with van der Waals surface area (Å²) in [5.74, 6) is 1.90. The molecule has 1 aromatic rings. The van der Waals surface area contributed by atoms with Gasteiger partial charge in [-0.1, -0.05) is 36.4 Å². The second kappa shape index (κ2) is 10.2. The summed E-state index contributed by atoms with van der Waals surface area (Å²) in [5, 5.41) is 6.25. The lowest BCUT2D eigenvalue weighted by Crippen LogP contribution is -2.37. The van der Waals surface area contributed by atoms with Crippen molar-refractivity contribution in [3.05, 3.63) is 48.6 Å². The fourth-order valence-corrected chi connectivity index (χ4v) is 2.61. The predicted molar refractivity (Wildman–Crippen MR) is 87.3 cm³/mol. The number of nitrogens with zero attached hydrogens (tertiary/aromatic N) is 1. The molecule has 0 saturated heterocycles. The van der Waals surface area contributed by atoms with Crippen LogP contribution in [0, 0.1) is 0 Å². The molecule has 0 spiro atoms. The minimum Gasteiger partial charge on any atom is -0.357 e. The third-order valence-corrected chi connectivity index (χ3v) is 3.81. The van der Waals surface area contributed by atoms with Crippen molar-refractivity contribution in [2.45, 2.75) is 12.7 Å². The van der Waals surface area contributed by atoms with Gasteiger partial charge in [0, 0.05) is 35.4 Å². The van der Waals surface area contributed by atoms with E-state index >= 15 is 0 Å². The summed E-state index contributed by atoms with van der Waals surface area (Å²) in [5.41, 5.74) is 1.10. The molecule has 0 bridgehead atoms. The van der Waals surface area contributed by atoms with Gasteiger partial charge in [0.1, 0.15) is 0 Å². The Balaban J connectivity index is 2.36. The van der Waals surface area contributed by atoms with E-state index in [4.69, 9.17) is 0 Å². The van der Waals surface area contributed by atoms with Crippen molar-refractivity contribution in [3.8, 4) is 0 Å². The van der Waals surface area contributed by atoms with Crippen LogP contribution in [0.15, 0.2) is 48.0 Å². The lowest BCUT2D eigenvalue weighted by molar-refractivity contribution is 0.682. The molecule has 110 valence electrons. The summed E-state index contributed by atoms with van der Waals surface area (Å²) in [6, 6.07) is 9.89. The molecule has 1 rings (SSSR count). The van der Waals surface area contributed by atoms with Crippen LogP contribution in [0.2, 0.25) is 0 Å². The molecule has 1 unspecified atom stereocenters. The zero-order chi connectivity index (χ0) is 14.6. The van der Waals surface area contributed by atoms with Crippen LogP contribution in [-0.2, 0) is 16.6 Å². The Kier molecular flexibility index (Phi) is 8.38. The van der Waals surface area contributed by atoms with Crippen LogP contribution >= 0.6 is 0 Å². The van der Waals surface area contributed by atoms with E-state index in [-0.39, 0.29) is 0 Å². The molecular weight excluding hydrogens is 270 g/mol. The van der Waals surface area contributed by atoms with Crippen LogP contribution in [0.3, 0.4) is 0 Å². The normalized spacial score (nSPS) is 12.8. The van der Waals surface area contributed by atoms with Crippen molar-refractivity contribution in [2.24, 2.45) is 4.99 Å². The molecule has 5 heteroatoms. The molecule has 0 saturated carbocycles. The van der Waals surface area contributed by atoms with E-state index in [0.29, 0.717) is 24.6 Å². The summed E-state index contributed by atoms with van der Waals surface area (Å²) < 4.78 is 12.0. The van der Waals surface area contributed by atoms with Crippen molar-refractivity contribution in [1.29, 1.82) is 0 Å². The van der Waals surface area contributed by atoms with Gasteiger partial charge in [0.05, 0.1) is 6.54 Å². The zero-order valence-corrected chi connectivity index (χ0v) is 12.8. The summed E-state index contributed by atoms with van der Waals surface area (Å²) in [7, 11) is -0.880. The average molecular weight is 293 g/mol. The number of aliphatic imine (C=N–C) groups is 1. The monoisotopic (exact) mass is 293 g/mol. The number of rotatable bonds is 8. The Hall–Kier alpha value is -1.62. The van der Waals surface area contributed by atoms with Crippen LogP contribution in [0.1, 0.15) is 12.5 Å². The van der Waals surface area contributed by atoms with Gasteiger partial charge in [-0.25, -0.2) is 0 Å². The van der Waals surface area contributed by atoms with Gasteiger partial charge in [0.25, 0.3) is 0 Å². The number of hydrogen-bond acceptors (Lipinski definition) is 2. The number of hydrogen-bond donors (Lipinski definition) is 2. The van der Waals surface area contributed by atoms with Crippen LogP contribution in [0.5, 0.6) is 0 Å². The Morgan fingerprint density at radius 1 is 1.35 bits per heavy atom. The molecule has 20 heavy (non-hydrogen) atoms. The van der Waals surface area contributed by atoms with E-state index in [1.54, 1.807) is 6.08 Å². The first kappa shape index (κ1) is 16.4. The molecule has 0 aromatic heterocycles. The highest BCUT2D eigenvalue weighted by Crippen LogP contribution is 2.02. The van der Waals surface area contributed by atoms with Gasteiger partial charge >= 0.3 is 0 Å². The second-order valence-corrected chi connectivity index (χ2v) is 5.78. The maximum Gasteiger partial charge on any atom is 0.191 e. The summed E-state index contributed by atoms with van der Waals surface area (Å²) >= 11 is 0. The molecule has 0 aliphatic rings. The maximum atomic E-state index is 12.0. The fourth-order valence-electron chi connectivity index (χ4n) is 1.60. The van der Waals surface area contributed by atoms with Crippen molar-refractivity contribution in [3.63, 3.8) is 0 Å². The van der Waals surface area contributed by atoms with E-state index in [1.165, 1.54) is 0 Å². The molecule has 0 aliphatic carbocycles. The summed E-state index contributed by atoms with van der Waals surface area (Å²) in [4.78, 5) is 4.39. The van der Waals surface area contributed by atoms with Crippen molar-refractivity contribution >= 4 is 16.8 Å². The largest absolute Gasteiger partial charge is 0.357 e. The van der Waals surface area contributed by atoms with Crippen LogP contribution in [0.25, 0.3) is 0 Å². The summed E-state index contributed by atoms with van der Waals surface area (Å²) in [6.45, 7) is 7.68. The highest BCUT2D eigenvalue weighted by atomic mass is 32.2. The van der Waals surface area contributed by atoms with Gasteiger partial charge < -0.3 is 10.6 Å². The van der Waals surface area contributed by atoms with Gasteiger partial charge in [0.2, 0.25) is 0 Å². The number of nitrogens with one attached hydrogen (secondary N) is 2. The van der Waals surface area contributed by atoms with Crippen LogP contribution < -0.4 is 10.6 Å². The molecule has 2 N–H and O–H groups in total. The SMILES string of the molecule is C=CCNC(=NCCS(=O)Cc1ccccc1)NCC. The molecule has 0 radical (unpaired) electrons. The van der Waals surface area contributed by atoms with Gasteiger partial charge in [-0.2, -0.15) is 0 Å². The molecule has 0 fully saturated rings. The third kappa shape index (κ3) is 7.09. The van der Waals surface area contributed by atoms with Crippen molar-refractivity contribution in [2.75, 3.05) is 25.4 Å². The Morgan fingerprint density at radius 2 is 2.10 bits per heavy atom. The Morgan fingerprint density at radius 3 is 2.75 bits per heavy atom. The van der Waals surface area contributed by atoms with Crippen LogP contribution in [-0.4, -0.2) is 35.6 Å². The maximum absolute atomic E-state index is 12.0. The molecule has 0 aliphatic heterocycles. The first-order valence-electron chi connectivity index (χ1n) is 6.78.